The van der Waals surface area contributed by atoms with Crippen molar-refractivity contribution in [3.8, 4) is 0 Å². The fourth-order valence-electron chi connectivity index (χ4n) is 3.34. The molecule has 0 bridgehead atoms. The van der Waals surface area contributed by atoms with E-state index in [4.69, 9.17) is 0 Å². The monoisotopic (exact) mass is 249 g/mol. The number of rotatable bonds is 3. The average molecular weight is 249 g/mol. The molecule has 3 heterocycles. The first-order valence-corrected chi connectivity index (χ1v) is 7.11. The van der Waals surface area contributed by atoms with Gasteiger partial charge in [-0.3, -0.25) is 9.58 Å². The van der Waals surface area contributed by atoms with Gasteiger partial charge in [0, 0.05) is 19.6 Å². The molecule has 2 saturated heterocycles. The number of aromatic nitrogens is 3. The molecule has 0 aromatic carbocycles. The predicted molar refractivity (Wildman–Crippen MR) is 70.0 cm³/mol. The average Bonchev–Trinajstić information content (AvgIpc) is 3.02. The van der Waals surface area contributed by atoms with E-state index in [1.807, 2.05) is 11.7 Å². The second kappa shape index (κ2) is 5.36. The van der Waals surface area contributed by atoms with Crippen molar-refractivity contribution >= 4 is 0 Å². The van der Waals surface area contributed by atoms with Crippen LogP contribution in [0.4, 0.5) is 0 Å². The van der Waals surface area contributed by atoms with Crippen molar-refractivity contribution in [3.05, 3.63) is 12.2 Å². The van der Waals surface area contributed by atoms with Gasteiger partial charge in [-0.15, -0.1) is 0 Å². The van der Waals surface area contributed by atoms with Crippen LogP contribution < -0.4 is 5.32 Å². The summed E-state index contributed by atoms with van der Waals surface area (Å²) in [5.41, 5.74) is 0. The van der Waals surface area contributed by atoms with E-state index in [0.29, 0.717) is 0 Å². The van der Waals surface area contributed by atoms with E-state index in [1.165, 1.54) is 45.3 Å². The molecule has 5 heteroatoms. The van der Waals surface area contributed by atoms with Crippen molar-refractivity contribution in [2.75, 3.05) is 19.6 Å². The molecule has 1 aromatic heterocycles. The molecule has 1 aromatic rings. The van der Waals surface area contributed by atoms with E-state index in [1.54, 1.807) is 6.33 Å². The zero-order valence-corrected chi connectivity index (χ0v) is 11.2. The smallest absolute Gasteiger partial charge is 0.140 e. The third-order valence-corrected chi connectivity index (χ3v) is 4.38. The molecule has 0 spiro atoms. The van der Waals surface area contributed by atoms with Crippen LogP contribution in [0.15, 0.2) is 6.33 Å². The predicted octanol–water partition coefficient (Wildman–Crippen LogP) is 0.779. The largest absolute Gasteiger partial charge is 0.314 e. The van der Waals surface area contributed by atoms with Gasteiger partial charge < -0.3 is 5.32 Å². The lowest BCUT2D eigenvalue weighted by atomic mass is 9.90. The zero-order valence-electron chi connectivity index (χ0n) is 11.2. The van der Waals surface area contributed by atoms with E-state index in [-0.39, 0.29) is 0 Å². The van der Waals surface area contributed by atoms with Gasteiger partial charge >= 0.3 is 0 Å². The Bertz CT molecular complexity index is 382. The fourth-order valence-corrected chi connectivity index (χ4v) is 3.34. The van der Waals surface area contributed by atoms with Gasteiger partial charge in [0.15, 0.2) is 0 Å². The van der Waals surface area contributed by atoms with Crippen molar-refractivity contribution in [1.82, 2.24) is 25.0 Å². The minimum atomic E-state index is 0.757. The molecule has 18 heavy (non-hydrogen) atoms. The lowest BCUT2D eigenvalue weighted by Gasteiger charge is -2.35. The molecule has 2 aliphatic heterocycles. The highest BCUT2D eigenvalue weighted by molar-refractivity contribution is 4.89. The summed E-state index contributed by atoms with van der Waals surface area (Å²) in [6, 6.07) is 0.757. The van der Waals surface area contributed by atoms with Gasteiger partial charge in [0.1, 0.15) is 12.2 Å². The summed E-state index contributed by atoms with van der Waals surface area (Å²) in [5.74, 6) is 1.91. The van der Waals surface area contributed by atoms with Gasteiger partial charge in [-0.1, -0.05) is 0 Å². The normalized spacial score (nSPS) is 29.8. The van der Waals surface area contributed by atoms with Gasteiger partial charge in [0.2, 0.25) is 0 Å². The molecule has 1 N–H and O–H groups in total. The molecule has 5 nitrogen and oxygen atoms in total. The van der Waals surface area contributed by atoms with Gasteiger partial charge in [-0.25, -0.2) is 4.98 Å². The Labute approximate surface area is 109 Å². The lowest BCUT2D eigenvalue weighted by Crippen LogP contribution is -2.43. The molecule has 100 valence electrons. The maximum Gasteiger partial charge on any atom is 0.140 e. The van der Waals surface area contributed by atoms with Crippen LogP contribution in [0, 0.1) is 5.92 Å². The van der Waals surface area contributed by atoms with Crippen LogP contribution in [0.2, 0.25) is 0 Å². The van der Waals surface area contributed by atoms with Crippen LogP contribution in [0.1, 0.15) is 31.5 Å². The Hall–Kier alpha value is -0.940. The minimum Gasteiger partial charge on any atom is -0.314 e. The number of hydrogen-bond acceptors (Lipinski definition) is 4. The van der Waals surface area contributed by atoms with Gasteiger partial charge in [0.25, 0.3) is 0 Å². The van der Waals surface area contributed by atoms with Crippen LogP contribution >= 0.6 is 0 Å². The summed E-state index contributed by atoms with van der Waals surface area (Å²) in [6.07, 6.45) is 7.07. The fraction of sp³-hybridized carbons (Fsp3) is 0.846. The molecular weight excluding hydrogens is 226 g/mol. The molecule has 2 atom stereocenters. The van der Waals surface area contributed by atoms with E-state index < -0.39 is 0 Å². The molecule has 0 radical (unpaired) electrons. The number of piperidine rings is 1. The summed E-state index contributed by atoms with van der Waals surface area (Å²) in [5, 5.41) is 7.80. The number of likely N-dealkylation sites (tertiary alicyclic amines) is 1. The Kier molecular flexibility index (Phi) is 3.61. The first-order chi connectivity index (χ1) is 8.83. The topological polar surface area (TPSA) is 46.0 Å². The second-order valence-corrected chi connectivity index (χ2v) is 5.64. The summed E-state index contributed by atoms with van der Waals surface area (Å²) in [6.45, 7) is 4.57. The third-order valence-electron chi connectivity index (χ3n) is 4.38. The molecular formula is C13H23N5. The zero-order chi connectivity index (χ0) is 12.4. The number of nitrogens with one attached hydrogen (secondary N) is 1. The van der Waals surface area contributed by atoms with Crippen LogP contribution in [0.3, 0.4) is 0 Å². The Morgan fingerprint density at radius 1 is 1.39 bits per heavy atom. The van der Waals surface area contributed by atoms with Crippen LogP contribution in [0.5, 0.6) is 0 Å². The highest BCUT2D eigenvalue weighted by Gasteiger charge is 2.29. The van der Waals surface area contributed by atoms with E-state index in [9.17, 15) is 0 Å². The van der Waals surface area contributed by atoms with Crippen molar-refractivity contribution in [2.45, 2.75) is 38.3 Å². The highest BCUT2D eigenvalue weighted by atomic mass is 15.3. The van der Waals surface area contributed by atoms with E-state index >= 15 is 0 Å². The molecule has 2 aliphatic rings. The summed E-state index contributed by atoms with van der Waals surface area (Å²) in [4.78, 5) is 6.87. The van der Waals surface area contributed by atoms with Crippen LogP contribution in [-0.2, 0) is 13.6 Å². The molecule has 0 amide bonds. The number of nitrogens with zero attached hydrogens (tertiary/aromatic N) is 4. The molecule has 3 rings (SSSR count). The standard InChI is InChI=1S/C13H23N5/c1-17-13(15-10-16-17)9-18-7-3-4-11(8-18)12-5-2-6-14-12/h10-12,14H,2-9H2,1H3. The molecule has 2 fully saturated rings. The number of hydrogen-bond donors (Lipinski definition) is 1. The quantitative estimate of drug-likeness (QED) is 0.860. The van der Waals surface area contributed by atoms with Gasteiger partial charge in [-0.05, 0) is 44.7 Å². The number of aryl methyl sites for hydroxylation is 1. The Balaban J connectivity index is 1.58. The van der Waals surface area contributed by atoms with Crippen molar-refractivity contribution in [1.29, 1.82) is 0 Å². The second-order valence-electron chi connectivity index (χ2n) is 5.64. The lowest BCUT2D eigenvalue weighted by molar-refractivity contribution is 0.141. The maximum absolute atomic E-state index is 4.33. The molecule has 0 aliphatic carbocycles. The van der Waals surface area contributed by atoms with Gasteiger partial charge in [-0.2, -0.15) is 5.10 Å². The van der Waals surface area contributed by atoms with Crippen molar-refractivity contribution in [3.63, 3.8) is 0 Å². The van der Waals surface area contributed by atoms with E-state index in [0.717, 1.165) is 24.3 Å². The van der Waals surface area contributed by atoms with E-state index in [2.05, 4.69) is 20.3 Å². The van der Waals surface area contributed by atoms with Gasteiger partial charge in [0.05, 0.1) is 6.54 Å². The highest BCUT2D eigenvalue weighted by Crippen LogP contribution is 2.25. The third kappa shape index (κ3) is 2.57. The molecule has 2 unspecified atom stereocenters. The SMILES string of the molecule is Cn1ncnc1CN1CCCC(C2CCCN2)C1. The minimum absolute atomic E-state index is 0.757. The van der Waals surface area contributed by atoms with Crippen LogP contribution in [0.25, 0.3) is 0 Å². The van der Waals surface area contributed by atoms with Crippen molar-refractivity contribution in [2.24, 2.45) is 13.0 Å². The maximum atomic E-state index is 4.33. The summed E-state index contributed by atoms with van der Waals surface area (Å²) in [7, 11) is 1.97. The summed E-state index contributed by atoms with van der Waals surface area (Å²) >= 11 is 0. The first-order valence-electron chi connectivity index (χ1n) is 7.11. The molecule has 0 saturated carbocycles. The first kappa shape index (κ1) is 12.1. The summed E-state index contributed by atoms with van der Waals surface area (Å²) < 4.78 is 1.89. The van der Waals surface area contributed by atoms with Crippen LogP contribution in [-0.4, -0.2) is 45.3 Å². The van der Waals surface area contributed by atoms with Crippen molar-refractivity contribution < 1.29 is 0 Å². The Morgan fingerprint density at radius 2 is 2.33 bits per heavy atom. The Morgan fingerprint density at radius 3 is 3.06 bits per heavy atom.